The van der Waals surface area contributed by atoms with E-state index in [2.05, 4.69) is 0 Å². The van der Waals surface area contributed by atoms with Crippen molar-refractivity contribution in [2.24, 2.45) is 11.8 Å². The fourth-order valence-corrected chi connectivity index (χ4v) is 1.86. The molecule has 0 aromatic heterocycles. The molecule has 2 rings (SSSR count). The molecule has 3 unspecified atom stereocenters. The van der Waals surface area contributed by atoms with E-state index in [9.17, 15) is 4.79 Å². The Hall–Kier alpha value is -0.830. The van der Waals surface area contributed by atoms with E-state index in [-0.39, 0.29) is 24.1 Å². The SMILES string of the molecule is CC(C)COC(=O)C1CC2C=CC1O2. The van der Waals surface area contributed by atoms with Gasteiger partial charge in [0, 0.05) is 0 Å². The first-order valence-electron chi connectivity index (χ1n) is 5.17. The average Bonchev–Trinajstić information content (AvgIpc) is 2.74. The van der Waals surface area contributed by atoms with Crippen LogP contribution in [0.25, 0.3) is 0 Å². The van der Waals surface area contributed by atoms with Gasteiger partial charge in [-0.1, -0.05) is 26.0 Å². The van der Waals surface area contributed by atoms with E-state index in [1.165, 1.54) is 0 Å². The van der Waals surface area contributed by atoms with Crippen molar-refractivity contribution in [1.29, 1.82) is 0 Å². The number of carbonyl (C=O) groups excluding carboxylic acids is 1. The highest BCUT2D eigenvalue weighted by molar-refractivity contribution is 5.74. The summed E-state index contributed by atoms with van der Waals surface area (Å²) < 4.78 is 10.7. The summed E-state index contributed by atoms with van der Waals surface area (Å²) in [5.74, 6) is 0.230. The van der Waals surface area contributed by atoms with Gasteiger partial charge in [-0.2, -0.15) is 0 Å². The van der Waals surface area contributed by atoms with Crippen LogP contribution in [0, 0.1) is 11.8 Å². The van der Waals surface area contributed by atoms with Gasteiger partial charge in [-0.15, -0.1) is 0 Å². The molecule has 0 saturated carbocycles. The molecule has 0 N–H and O–H groups in total. The maximum absolute atomic E-state index is 11.6. The minimum atomic E-state index is -0.101. The number of hydrogen-bond acceptors (Lipinski definition) is 3. The van der Waals surface area contributed by atoms with E-state index >= 15 is 0 Å². The van der Waals surface area contributed by atoms with E-state index < -0.39 is 0 Å². The molecule has 14 heavy (non-hydrogen) atoms. The summed E-state index contributed by atoms with van der Waals surface area (Å²) in [5, 5.41) is 0. The molecule has 3 nitrogen and oxygen atoms in total. The molecule has 1 fully saturated rings. The van der Waals surface area contributed by atoms with Crippen molar-refractivity contribution in [3.05, 3.63) is 12.2 Å². The third kappa shape index (κ3) is 1.82. The second-order valence-corrected chi connectivity index (χ2v) is 4.39. The Kier molecular flexibility index (Phi) is 2.59. The normalized spacial score (nSPS) is 34.1. The van der Waals surface area contributed by atoms with Crippen LogP contribution in [0.3, 0.4) is 0 Å². The highest BCUT2D eigenvalue weighted by atomic mass is 16.5. The molecular formula is C11H16O3. The predicted molar refractivity (Wildman–Crippen MR) is 51.7 cm³/mol. The number of hydrogen-bond donors (Lipinski definition) is 0. The molecule has 0 aromatic rings. The van der Waals surface area contributed by atoms with Crippen LogP contribution in [0.15, 0.2) is 12.2 Å². The third-order valence-electron chi connectivity index (χ3n) is 2.59. The Labute approximate surface area is 84.1 Å². The van der Waals surface area contributed by atoms with Crippen LogP contribution in [0.5, 0.6) is 0 Å². The topological polar surface area (TPSA) is 35.5 Å². The molecule has 2 heterocycles. The molecule has 3 atom stereocenters. The predicted octanol–water partition coefficient (Wildman–Crippen LogP) is 1.53. The lowest BCUT2D eigenvalue weighted by Crippen LogP contribution is -2.26. The summed E-state index contributed by atoms with van der Waals surface area (Å²) in [4.78, 5) is 11.6. The quantitative estimate of drug-likeness (QED) is 0.507. The molecule has 0 radical (unpaired) electrons. The number of rotatable bonds is 3. The molecule has 0 aromatic carbocycles. The number of ether oxygens (including phenoxy) is 2. The van der Waals surface area contributed by atoms with Gasteiger partial charge in [0.25, 0.3) is 0 Å². The van der Waals surface area contributed by atoms with E-state index in [1.807, 2.05) is 26.0 Å². The van der Waals surface area contributed by atoms with Crippen molar-refractivity contribution in [2.45, 2.75) is 32.5 Å². The van der Waals surface area contributed by atoms with Crippen LogP contribution in [0.2, 0.25) is 0 Å². The van der Waals surface area contributed by atoms with Crippen molar-refractivity contribution < 1.29 is 14.3 Å². The van der Waals surface area contributed by atoms with E-state index in [0.29, 0.717) is 12.5 Å². The van der Waals surface area contributed by atoms with E-state index in [0.717, 1.165) is 6.42 Å². The van der Waals surface area contributed by atoms with Crippen LogP contribution < -0.4 is 0 Å². The molecule has 3 heteroatoms. The zero-order valence-corrected chi connectivity index (χ0v) is 8.60. The largest absolute Gasteiger partial charge is 0.465 e. The van der Waals surface area contributed by atoms with Crippen LogP contribution in [0.4, 0.5) is 0 Å². The summed E-state index contributed by atoms with van der Waals surface area (Å²) in [6.07, 6.45) is 4.90. The summed E-state index contributed by atoms with van der Waals surface area (Å²) in [7, 11) is 0. The second kappa shape index (κ2) is 3.73. The molecule has 2 aliphatic heterocycles. The van der Waals surface area contributed by atoms with Gasteiger partial charge < -0.3 is 9.47 Å². The van der Waals surface area contributed by atoms with E-state index in [4.69, 9.17) is 9.47 Å². The van der Waals surface area contributed by atoms with Gasteiger partial charge in [0.05, 0.1) is 24.7 Å². The molecule has 2 aliphatic rings. The maximum Gasteiger partial charge on any atom is 0.312 e. The number of esters is 1. The van der Waals surface area contributed by atoms with Crippen molar-refractivity contribution in [1.82, 2.24) is 0 Å². The molecule has 1 saturated heterocycles. The lowest BCUT2D eigenvalue weighted by molar-refractivity contribution is -0.150. The molecule has 2 bridgehead atoms. The van der Waals surface area contributed by atoms with Crippen LogP contribution in [-0.2, 0) is 14.3 Å². The van der Waals surface area contributed by atoms with Gasteiger partial charge in [0.2, 0.25) is 0 Å². The minimum Gasteiger partial charge on any atom is -0.465 e. The number of carbonyl (C=O) groups is 1. The first-order chi connectivity index (χ1) is 6.66. The third-order valence-corrected chi connectivity index (χ3v) is 2.59. The summed E-state index contributed by atoms with van der Waals surface area (Å²) in [5.41, 5.74) is 0. The van der Waals surface area contributed by atoms with Crippen molar-refractivity contribution in [2.75, 3.05) is 6.61 Å². The zero-order chi connectivity index (χ0) is 10.1. The Bertz CT molecular complexity index is 257. The Balaban J connectivity index is 1.84. The van der Waals surface area contributed by atoms with E-state index in [1.54, 1.807) is 0 Å². The average molecular weight is 196 g/mol. The van der Waals surface area contributed by atoms with Gasteiger partial charge in [0.15, 0.2) is 0 Å². The number of fused-ring (bicyclic) bond motifs is 2. The first-order valence-corrected chi connectivity index (χ1v) is 5.17. The molecule has 0 amide bonds. The summed E-state index contributed by atoms with van der Waals surface area (Å²) in [6.45, 7) is 4.57. The molecule has 0 spiro atoms. The standard InChI is InChI=1S/C11H16O3/c1-7(2)6-13-11(12)9-5-8-3-4-10(9)14-8/h3-4,7-10H,5-6H2,1-2H3. The summed E-state index contributed by atoms with van der Waals surface area (Å²) in [6, 6.07) is 0. The Morgan fingerprint density at radius 2 is 2.36 bits per heavy atom. The lowest BCUT2D eigenvalue weighted by atomic mass is 9.94. The van der Waals surface area contributed by atoms with Gasteiger partial charge in [0.1, 0.15) is 0 Å². The van der Waals surface area contributed by atoms with Gasteiger partial charge >= 0.3 is 5.97 Å². The Morgan fingerprint density at radius 3 is 2.86 bits per heavy atom. The Morgan fingerprint density at radius 1 is 1.57 bits per heavy atom. The smallest absolute Gasteiger partial charge is 0.312 e. The molecular weight excluding hydrogens is 180 g/mol. The fraction of sp³-hybridized carbons (Fsp3) is 0.727. The van der Waals surface area contributed by atoms with Crippen molar-refractivity contribution >= 4 is 5.97 Å². The minimum absolute atomic E-state index is 0.0281. The van der Waals surface area contributed by atoms with Crippen molar-refractivity contribution in [3.63, 3.8) is 0 Å². The van der Waals surface area contributed by atoms with Crippen molar-refractivity contribution in [3.8, 4) is 0 Å². The second-order valence-electron chi connectivity index (χ2n) is 4.39. The lowest BCUT2D eigenvalue weighted by Gasteiger charge is -2.15. The molecule has 78 valence electrons. The zero-order valence-electron chi connectivity index (χ0n) is 8.60. The summed E-state index contributed by atoms with van der Waals surface area (Å²) >= 11 is 0. The van der Waals surface area contributed by atoms with Gasteiger partial charge in [-0.25, -0.2) is 0 Å². The fourth-order valence-electron chi connectivity index (χ4n) is 1.86. The highest BCUT2D eigenvalue weighted by Crippen LogP contribution is 2.34. The molecule has 0 aliphatic carbocycles. The van der Waals surface area contributed by atoms with Crippen LogP contribution in [-0.4, -0.2) is 24.8 Å². The van der Waals surface area contributed by atoms with Crippen LogP contribution in [0.1, 0.15) is 20.3 Å². The maximum atomic E-state index is 11.6. The first kappa shape index (κ1) is 9.71. The van der Waals surface area contributed by atoms with Gasteiger partial charge in [-0.05, 0) is 12.3 Å². The highest BCUT2D eigenvalue weighted by Gasteiger charge is 2.41. The van der Waals surface area contributed by atoms with Crippen LogP contribution >= 0.6 is 0 Å². The van der Waals surface area contributed by atoms with Gasteiger partial charge in [-0.3, -0.25) is 4.79 Å². The monoisotopic (exact) mass is 196 g/mol.